The fraction of sp³-hybridized carbons (Fsp3) is 0.222. The molecule has 17 heavy (non-hydrogen) atoms. The zero-order chi connectivity index (χ0) is 12.3. The monoisotopic (exact) mass is 271 g/mol. The van der Waals surface area contributed by atoms with Gasteiger partial charge in [0.05, 0.1) is 7.11 Å². The first-order valence-electron chi connectivity index (χ1n) is 4.62. The van der Waals surface area contributed by atoms with Gasteiger partial charge in [-0.1, -0.05) is 11.8 Å². The zero-order valence-electron chi connectivity index (χ0n) is 8.80. The molecule has 2 aromatic heterocycles. The molecule has 2 N–H and O–H groups in total. The number of methoxy groups -OCH3 is 1. The van der Waals surface area contributed by atoms with Gasteiger partial charge in [0, 0.05) is 0 Å². The summed E-state index contributed by atoms with van der Waals surface area (Å²) in [7, 11) is 1.33. The number of hydrogen-bond donors (Lipinski definition) is 2. The molecule has 2 rings (SSSR count). The minimum absolute atomic E-state index is 0.358. The van der Waals surface area contributed by atoms with Crippen molar-refractivity contribution in [1.29, 1.82) is 0 Å². The molecule has 0 spiro atoms. The van der Waals surface area contributed by atoms with Gasteiger partial charge in [0.1, 0.15) is 5.25 Å². The minimum atomic E-state index is -0.523. The van der Waals surface area contributed by atoms with Crippen LogP contribution in [0.4, 0.5) is 0 Å². The van der Waals surface area contributed by atoms with Gasteiger partial charge in [0.2, 0.25) is 0 Å². The number of H-pyrrole nitrogens is 2. The van der Waals surface area contributed by atoms with Crippen LogP contribution in [-0.2, 0) is 9.53 Å². The number of nitrogens with zero attached hydrogens (tertiary/aromatic N) is 1. The molecule has 2 heterocycles. The molecule has 0 saturated heterocycles. The molecule has 8 heteroatoms. The number of esters is 1. The van der Waals surface area contributed by atoms with Gasteiger partial charge in [-0.25, -0.2) is 9.89 Å². The average molecular weight is 271 g/mol. The molecule has 0 amide bonds. The van der Waals surface area contributed by atoms with Crippen molar-refractivity contribution >= 4 is 29.1 Å². The summed E-state index contributed by atoms with van der Waals surface area (Å²) in [6.45, 7) is 0. The van der Waals surface area contributed by atoms with E-state index in [4.69, 9.17) is 4.74 Å². The number of rotatable bonds is 4. The highest BCUT2D eigenvalue weighted by Gasteiger charge is 2.24. The number of ether oxygens (including phenoxy) is 1. The summed E-state index contributed by atoms with van der Waals surface area (Å²) in [5.74, 6) is -0.378. The van der Waals surface area contributed by atoms with Crippen LogP contribution in [0.15, 0.2) is 26.8 Å². The first kappa shape index (κ1) is 11.9. The van der Waals surface area contributed by atoms with Crippen molar-refractivity contribution in [2.45, 2.75) is 10.4 Å². The molecular weight excluding hydrogens is 262 g/mol. The van der Waals surface area contributed by atoms with E-state index in [0.717, 1.165) is 17.3 Å². The molecule has 0 aliphatic carbocycles. The van der Waals surface area contributed by atoms with E-state index >= 15 is 0 Å². The first-order valence-corrected chi connectivity index (χ1v) is 6.44. The molecule has 0 aliphatic heterocycles. The second kappa shape index (κ2) is 5.19. The maximum atomic E-state index is 11.7. The number of carbonyl (C=O) groups excluding carboxylic acids is 1. The van der Waals surface area contributed by atoms with E-state index in [1.54, 1.807) is 0 Å². The van der Waals surface area contributed by atoms with Gasteiger partial charge in [-0.3, -0.25) is 9.78 Å². The fourth-order valence-corrected chi connectivity index (χ4v) is 2.93. The van der Waals surface area contributed by atoms with Gasteiger partial charge in [-0.05, 0) is 22.4 Å². The van der Waals surface area contributed by atoms with E-state index in [0.29, 0.717) is 5.16 Å². The Balaban J connectivity index is 2.22. The molecule has 0 saturated carbocycles. The summed E-state index contributed by atoms with van der Waals surface area (Å²) in [6.07, 6.45) is 0. The SMILES string of the molecule is COC(=O)[C@@H](Sc1n[nH]c(=O)[nH]1)c1ccsc1. The van der Waals surface area contributed by atoms with Crippen LogP contribution in [0.5, 0.6) is 0 Å². The lowest BCUT2D eigenvalue weighted by molar-refractivity contribution is -0.140. The molecular formula is C9H9N3O3S2. The zero-order valence-corrected chi connectivity index (χ0v) is 10.4. The van der Waals surface area contributed by atoms with Crippen molar-refractivity contribution in [1.82, 2.24) is 15.2 Å². The summed E-state index contributed by atoms with van der Waals surface area (Å²) in [5, 5.41) is 9.56. The summed E-state index contributed by atoms with van der Waals surface area (Å²) in [4.78, 5) is 25.0. The Labute approximate surface area is 104 Å². The van der Waals surface area contributed by atoms with Crippen molar-refractivity contribution in [3.05, 3.63) is 32.9 Å². The van der Waals surface area contributed by atoms with Crippen LogP contribution in [0.3, 0.4) is 0 Å². The fourth-order valence-electron chi connectivity index (χ4n) is 1.21. The molecule has 6 nitrogen and oxygen atoms in total. The second-order valence-electron chi connectivity index (χ2n) is 3.06. The van der Waals surface area contributed by atoms with Gasteiger partial charge in [-0.15, -0.1) is 5.10 Å². The standard InChI is InChI=1S/C9H9N3O3S2/c1-15-7(13)6(5-2-3-16-4-5)17-9-10-8(14)11-12-9/h2-4,6H,1H3,(H2,10,11,12,14)/t6-/m0/s1. The number of carbonyl (C=O) groups is 1. The molecule has 2 aromatic rings. The van der Waals surface area contributed by atoms with Crippen LogP contribution in [0.1, 0.15) is 10.8 Å². The lowest BCUT2D eigenvalue weighted by Crippen LogP contribution is -2.10. The van der Waals surface area contributed by atoms with Crippen molar-refractivity contribution in [2.75, 3.05) is 7.11 Å². The lowest BCUT2D eigenvalue weighted by atomic mass is 10.2. The van der Waals surface area contributed by atoms with Crippen LogP contribution in [0.25, 0.3) is 0 Å². The Bertz CT molecular complexity index is 546. The van der Waals surface area contributed by atoms with E-state index in [-0.39, 0.29) is 5.97 Å². The number of thiophene rings is 1. The van der Waals surface area contributed by atoms with Crippen molar-refractivity contribution in [2.24, 2.45) is 0 Å². The number of nitrogens with one attached hydrogen (secondary N) is 2. The Morgan fingerprint density at radius 3 is 3.00 bits per heavy atom. The van der Waals surface area contributed by atoms with Crippen molar-refractivity contribution in [3.8, 4) is 0 Å². The minimum Gasteiger partial charge on any atom is -0.468 e. The summed E-state index contributed by atoms with van der Waals surface area (Å²) in [6, 6.07) is 1.84. The Kier molecular flexibility index (Phi) is 3.64. The number of thioether (sulfide) groups is 1. The third kappa shape index (κ3) is 2.77. The van der Waals surface area contributed by atoms with Crippen LogP contribution in [-0.4, -0.2) is 28.3 Å². The molecule has 90 valence electrons. The van der Waals surface area contributed by atoms with E-state index in [1.807, 2.05) is 16.8 Å². The number of aromatic amines is 2. The van der Waals surface area contributed by atoms with Gasteiger partial charge in [-0.2, -0.15) is 11.3 Å². The van der Waals surface area contributed by atoms with Crippen LogP contribution in [0.2, 0.25) is 0 Å². The maximum Gasteiger partial charge on any atom is 0.341 e. The Morgan fingerprint density at radius 2 is 2.47 bits per heavy atom. The molecule has 1 atom stereocenters. The molecule has 0 bridgehead atoms. The average Bonchev–Trinajstić information content (AvgIpc) is 2.96. The van der Waals surface area contributed by atoms with E-state index in [2.05, 4.69) is 15.2 Å². The normalized spacial score (nSPS) is 12.3. The van der Waals surface area contributed by atoms with Gasteiger partial charge in [0.15, 0.2) is 5.16 Å². The van der Waals surface area contributed by atoms with Gasteiger partial charge < -0.3 is 4.74 Å². The highest BCUT2D eigenvalue weighted by molar-refractivity contribution is 8.00. The Morgan fingerprint density at radius 1 is 1.65 bits per heavy atom. The second-order valence-corrected chi connectivity index (χ2v) is 4.93. The van der Waals surface area contributed by atoms with Crippen LogP contribution in [0, 0.1) is 0 Å². The molecule has 0 unspecified atom stereocenters. The van der Waals surface area contributed by atoms with E-state index in [9.17, 15) is 9.59 Å². The topological polar surface area (TPSA) is 87.8 Å². The smallest absolute Gasteiger partial charge is 0.341 e. The predicted octanol–water partition coefficient (Wildman–Crippen LogP) is 1.17. The largest absolute Gasteiger partial charge is 0.468 e. The van der Waals surface area contributed by atoms with Gasteiger partial charge >= 0.3 is 11.7 Å². The molecule has 0 radical (unpaired) electrons. The highest BCUT2D eigenvalue weighted by Crippen LogP contribution is 2.34. The quantitative estimate of drug-likeness (QED) is 0.643. The summed E-state index contributed by atoms with van der Waals surface area (Å²) in [5.41, 5.74) is 0.428. The third-order valence-corrected chi connectivity index (χ3v) is 3.79. The lowest BCUT2D eigenvalue weighted by Gasteiger charge is -2.10. The summed E-state index contributed by atoms with van der Waals surface area (Å²) < 4.78 is 4.73. The number of hydrogen-bond acceptors (Lipinski definition) is 6. The first-order chi connectivity index (χ1) is 8.20. The van der Waals surface area contributed by atoms with E-state index < -0.39 is 10.9 Å². The van der Waals surface area contributed by atoms with Crippen LogP contribution >= 0.6 is 23.1 Å². The Hall–Kier alpha value is -1.54. The van der Waals surface area contributed by atoms with Crippen molar-refractivity contribution < 1.29 is 9.53 Å². The predicted molar refractivity (Wildman–Crippen MR) is 64.1 cm³/mol. The molecule has 0 aliphatic rings. The van der Waals surface area contributed by atoms with E-state index in [1.165, 1.54) is 18.4 Å². The molecule has 0 aromatic carbocycles. The van der Waals surface area contributed by atoms with Crippen molar-refractivity contribution in [3.63, 3.8) is 0 Å². The molecule has 0 fully saturated rings. The number of aromatic nitrogens is 3. The third-order valence-electron chi connectivity index (χ3n) is 1.97. The summed E-state index contributed by atoms with van der Waals surface area (Å²) >= 11 is 2.62. The van der Waals surface area contributed by atoms with Crippen LogP contribution < -0.4 is 5.69 Å². The maximum absolute atomic E-state index is 11.7. The highest BCUT2D eigenvalue weighted by atomic mass is 32.2. The van der Waals surface area contributed by atoms with Gasteiger partial charge in [0.25, 0.3) is 0 Å².